The summed E-state index contributed by atoms with van der Waals surface area (Å²) in [5.41, 5.74) is -1.05. The summed E-state index contributed by atoms with van der Waals surface area (Å²) in [6.45, 7) is 2.33. The van der Waals surface area contributed by atoms with Gasteiger partial charge >= 0.3 is 5.69 Å². The van der Waals surface area contributed by atoms with Crippen LogP contribution in [0.15, 0.2) is 33.9 Å². The molecule has 1 N–H and O–H groups in total. The molecule has 3 rings (SSSR count). The van der Waals surface area contributed by atoms with Crippen LogP contribution < -0.4 is 11.2 Å². The lowest BCUT2D eigenvalue weighted by atomic mass is 10.1. The van der Waals surface area contributed by atoms with E-state index in [2.05, 4.69) is 4.98 Å². The molecule has 0 amide bonds. The number of rotatable bonds is 3. The van der Waals surface area contributed by atoms with Crippen molar-refractivity contribution in [3.05, 3.63) is 56.1 Å². The Bertz CT molecular complexity index is 821. The van der Waals surface area contributed by atoms with Gasteiger partial charge in [-0.25, -0.2) is 9.18 Å². The van der Waals surface area contributed by atoms with Crippen molar-refractivity contribution in [1.82, 2.24) is 9.55 Å². The first-order chi connectivity index (χ1) is 9.91. The van der Waals surface area contributed by atoms with Gasteiger partial charge in [-0.3, -0.25) is 14.3 Å². The first-order valence-corrected chi connectivity index (χ1v) is 7.07. The Morgan fingerprint density at radius 2 is 2.00 bits per heavy atom. The van der Waals surface area contributed by atoms with Gasteiger partial charge in [0, 0.05) is 12.1 Å². The highest BCUT2D eigenvalue weighted by Crippen LogP contribution is 2.45. The number of hydrogen-bond donors (Lipinski definition) is 1. The van der Waals surface area contributed by atoms with E-state index in [0.29, 0.717) is 6.54 Å². The van der Waals surface area contributed by atoms with Crippen LogP contribution in [0, 0.1) is 11.2 Å². The fraction of sp³-hybridized carbons (Fsp3) is 0.333. The summed E-state index contributed by atoms with van der Waals surface area (Å²) in [6.07, 6.45) is 1.94. The third kappa shape index (κ3) is 2.53. The smallest absolute Gasteiger partial charge is 0.297 e. The fourth-order valence-corrected chi connectivity index (χ4v) is 2.60. The Balaban J connectivity index is 2.22. The molecule has 1 aromatic carbocycles. The molecule has 1 aliphatic rings. The van der Waals surface area contributed by atoms with Crippen LogP contribution in [0.2, 0.25) is 5.15 Å². The Morgan fingerprint density at radius 1 is 1.33 bits per heavy atom. The summed E-state index contributed by atoms with van der Waals surface area (Å²) in [5.74, 6) is -0.548. The van der Waals surface area contributed by atoms with E-state index in [0.717, 1.165) is 17.4 Å². The third-order valence-electron chi connectivity index (χ3n) is 3.93. The summed E-state index contributed by atoms with van der Waals surface area (Å²) >= 11 is 5.96. The molecule has 2 aromatic rings. The molecule has 1 fully saturated rings. The molecule has 0 radical (unpaired) electrons. The largest absolute Gasteiger partial charge is 0.329 e. The lowest BCUT2D eigenvalue weighted by Gasteiger charge is -2.13. The number of H-pyrrole nitrogens is 1. The Morgan fingerprint density at radius 3 is 2.62 bits per heavy atom. The first kappa shape index (κ1) is 14.1. The number of hydrogen-bond acceptors (Lipinski definition) is 2. The number of benzene rings is 1. The molecule has 1 aliphatic carbocycles. The average molecular weight is 309 g/mol. The maximum absolute atomic E-state index is 13.9. The molecular formula is C15H14ClFN2O2. The van der Waals surface area contributed by atoms with Crippen molar-refractivity contribution in [1.29, 1.82) is 0 Å². The van der Waals surface area contributed by atoms with Gasteiger partial charge in [0.25, 0.3) is 5.56 Å². The van der Waals surface area contributed by atoms with Crippen LogP contribution in [0.5, 0.6) is 0 Å². The molecule has 4 nitrogen and oxygen atoms in total. The van der Waals surface area contributed by atoms with Gasteiger partial charge in [0.2, 0.25) is 0 Å². The van der Waals surface area contributed by atoms with E-state index in [1.165, 1.54) is 18.2 Å². The van der Waals surface area contributed by atoms with Crippen LogP contribution in [-0.4, -0.2) is 9.55 Å². The van der Waals surface area contributed by atoms with Crippen molar-refractivity contribution in [3.8, 4) is 11.1 Å². The van der Waals surface area contributed by atoms with E-state index in [4.69, 9.17) is 11.6 Å². The standard InChI is InChI=1S/C15H14ClFN2O2/c1-15(6-7-15)8-19-13(20)11(12(16)18-14(19)21)9-4-2-3-5-10(9)17/h2-5H,6-8H2,1H3,(H,18,21). The second kappa shape index (κ2) is 4.84. The minimum atomic E-state index is -0.557. The van der Waals surface area contributed by atoms with Crippen LogP contribution in [0.1, 0.15) is 19.8 Å². The predicted octanol–water partition coefficient (Wildman–Crippen LogP) is 2.80. The molecule has 1 saturated carbocycles. The van der Waals surface area contributed by atoms with Crippen LogP contribution in [0.3, 0.4) is 0 Å². The molecule has 1 aromatic heterocycles. The van der Waals surface area contributed by atoms with E-state index in [1.54, 1.807) is 6.07 Å². The van der Waals surface area contributed by atoms with Gasteiger partial charge in [-0.05, 0) is 24.3 Å². The number of aromatic amines is 1. The lowest BCUT2D eigenvalue weighted by Crippen LogP contribution is -2.38. The zero-order valence-corrected chi connectivity index (χ0v) is 12.2. The number of aromatic nitrogens is 2. The van der Waals surface area contributed by atoms with Crippen LogP contribution >= 0.6 is 11.6 Å². The second-order valence-corrected chi connectivity index (χ2v) is 6.18. The van der Waals surface area contributed by atoms with Crippen LogP contribution in [-0.2, 0) is 6.54 Å². The zero-order valence-electron chi connectivity index (χ0n) is 11.5. The average Bonchev–Trinajstić information content (AvgIpc) is 3.15. The fourth-order valence-electron chi connectivity index (χ4n) is 2.34. The Labute approximate surface area is 125 Å². The molecule has 0 aliphatic heterocycles. The van der Waals surface area contributed by atoms with Crippen molar-refractivity contribution in [2.24, 2.45) is 5.41 Å². The van der Waals surface area contributed by atoms with E-state index in [9.17, 15) is 14.0 Å². The molecule has 0 spiro atoms. The van der Waals surface area contributed by atoms with Gasteiger partial charge in [0.1, 0.15) is 11.0 Å². The maximum Gasteiger partial charge on any atom is 0.329 e. The summed E-state index contributed by atoms with van der Waals surface area (Å²) in [6, 6.07) is 5.87. The van der Waals surface area contributed by atoms with E-state index in [-0.39, 0.29) is 21.7 Å². The lowest BCUT2D eigenvalue weighted by molar-refractivity contribution is 0.441. The summed E-state index contributed by atoms with van der Waals surface area (Å²) in [4.78, 5) is 27.0. The van der Waals surface area contributed by atoms with Crippen molar-refractivity contribution in [2.75, 3.05) is 0 Å². The summed E-state index contributed by atoms with van der Waals surface area (Å²) in [5, 5.41) is -0.132. The SMILES string of the molecule is CC1(Cn2c(=O)[nH]c(Cl)c(-c3ccccc3F)c2=O)CC1. The number of nitrogens with one attached hydrogen (secondary N) is 1. The van der Waals surface area contributed by atoms with Crippen molar-refractivity contribution in [3.63, 3.8) is 0 Å². The van der Waals surface area contributed by atoms with Crippen LogP contribution in [0.4, 0.5) is 4.39 Å². The highest BCUT2D eigenvalue weighted by molar-refractivity contribution is 6.32. The first-order valence-electron chi connectivity index (χ1n) is 6.69. The number of halogens is 2. The van der Waals surface area contributed by atoms with E-state index in [1.807, 2.05) is 6.92 Å². The highest BCUT2D eigenvalue weighted by Gasteiger charge is 2.38. The van der Waals surface area contributed by atoms with Gasteiger partial charge in [-0.1, -0.05) is 36.7 Å². The molecule has 110 valence electrons. The van der Waals surface area contributed by atoms with Gasteiger partial charge in [-0.15, -0.1) is 0 Å². The molecular weight excluding hydrogens is 295 g/mol. The molecule has 21 heavy (non-hydrogen) atoms. The third-order valence-corrected chi connectivity index (χ3v) is 4.21. The monoisotopic (exact) mass is 308 g/mol. The zero-order chi connectivity index (χ0) is 15.2. The van der Waals surface area contributed by atoms with E-state index < -0.39 is 17.1 Å². The molecule has 0 bridgehead atoms. The minimum Gasteiger partial charge on any atom is -0.297 e. The minimum absolute atomic E-state index is 0.00128. The van der Waals surface area contributed by atoms with Crippen molar-refractivity contribution < 1.29 is 4.39 Å². The van der Waals surface area contributed by atoms with Gasteiger partial charge < -0.3 is 0 Å². The highest BCUT2D eigenvalue weighted by atomic mass is 35.5. The van der Waals surface area contributed by atoms with Crippen molar-refractivity contribution >= 4 is 11.6 Å². The van der Waals surface area contributed by atoms with Gasteiger partial charge in [0.05, 0.1) is 5.56 Å². The molecule has 1 heterocycles. The van der Waals surface area contributed by atoms with Crippen molar-refractivity contribution in [2.45, 2.75) is 26.3 Å². The van der Waals surface area contributed by atoms with Crippen LogP contribution in [0.25, 0.3) is 11.1 Å². The Hall–Kier alpha value is -1.88. The Kier molecular flexibility index (Phi) is 3.24. The van der Waals surface area contributed by atoms with Gasteiger partial charge in [0.15, 0.2) is 0 Å². The van der Waals surface area contributed by atoms with E-state index >= 15 is 0 Å². The normalized spacial score (nSPS) is 16.0. The second-order valence-electron chi connectivity index (χ2n) is 5.80. The molecule has 0 atom stereocenters. The summed E-state index contributed by atoms with van der Waals surface area (Å²) < 4.78 is 15.0. The topological polar surface area (TPSA) is 54.9 Å². The maximum atomic E-state index is 13.9. The number of nitrogens with zero attached hydrogens (tertiary/aromatic N) is 1. The summed E-state index contributed by atoms with van der Waals surface area (Å²) in [7, 11) is 0. The predicted molar refractivity (Wildman–Crippen MR) is 79.1 cm³/mol. The molecule has 0 saturated heterocycles. The molecule has 6 heteroatoms. The molecule has 0 unspecified atom stereocenters. The quantitative estimate of drug-likeness (QED) is 0.886. The van der Waals surface area contributed by atoms with Gasteiger partial charge in [-0.2, -0.15) is 0 Å².